The van der Waals surface area contributed by atoms with Gasteiger partial charge in [0.2, 0.25) is 0 Å². The van der Waals surface area contributed by atoms with E-state index < -0.39 is 5.97 Å². The van der Waals surface area contributed by atoms with Crippen molar-refractivity contribution in [2.75, 3.05) is 0 Å². The van der Waals surface area contributed by atoms with E-state index in [1.54, 1.807) is 0 Å². The van der Waals surface area contributed by atoms with Crippen LogP contribution >= 0.6 is 12.6 Å². The van der Waals surface area contributed by atoms with Crippen LogP contribution in [0.4, 0.5) is 0 Å². The highest BCUT2D eigenvalue weighted by atomic mass is 32.1. The van der Waals surface area contributed by atoms with E-state index in [0.29, 0.717) is 0 Å². The molecule has 0 bridgehead atoms. The normalized spacial score (nSPS) is 12.9. The molecule has 0 aliphatic carbocycles. The Morgan fingerprint density at radius 2 is 1.48 bits per heavy atom. The minimum atomic E-state index is -0.743. The smallest absolute Gasteiger partial charge is 0.304 e. The first kappa shape index (κ1) is 20.6. The Labute approximate surface area is 136 Å². The topological polar surface area (TPSA) is 37.3 Å². The third-order valence-electron chi connectivity index (χ3n) is 3.71. The highest BCUT2D eigenvalue weighted by Crippen LogP contribution is 2.13. The van der Waals surface area contributed by atoms with Crippen LogP contribution in [-0.2, 0) is 4.79 Å². The number of aliphatic carboxylic acids is 1. The number of carboxylic acid groups (broad SMARTS) is 1. The first-order chi connectivity index (χ1) is 10.2. The van der Waals surface area contributed by atoms with Crippen molar-refractivity contribution in [3.05, 3.63) is 12.2 Å². The quantitative estimate of drug-likeness (QED) is 0.220. The number of rotatable bonds is 15. The van der Waals surface area contributed by atoms with Crippen LogP contribution in [0, 0.1) is 0 Å². The number of allylic oxidation sites excluding steroid dienone is 2. The van der Waals surface area contributed by atoms with E-state index in [1.807, 2.05) is 0 Å². The fourth-order valence-electron chi connectivity index (χ4n) is 2.40. The molecule has 0 saturated carbocycles. The zero-order valence-electron chi connectivity index (χ0n) is 13.7. The van der Waals surface area contributed by atoms with Crippen LogP contribution in [0.5, 0.6) is 0 Å². The predicted molar refractivity (Wildman–Crippen MR) is 95.2 cm³/mol. The molecule has 0 aliphatic rings. The summed E-state index contributed by atoms with van der Waals surface area (Å²) >= 11 is 4.29. The maximum Gasteiger partial charge on any atom is 0.304 e. The highest BCUT2D eigenvalue weighted by Gasteiger charge is 2.07. The third kappa shape index (κ3) is 17.5. The van der Waals surface area contributed by atoms with Gasteiger partial charge >= 0.3 is 5.97 Å². The average molecular weight is 315 g/mol. The second-order valence-corrected chi connectivity index (χ2v) is 6.65. The minimum absolute atomic E-state index is 0.0192. The second kappa shape index (κ2) is 15.9. The Hall–Kier alpha value is -0.440. The molecule has 0 rings (SSSR count). The van der Waals surface area contributed by atoms with Crippen molar-refractivity contribution in [3.63, 3.8) is 0 Å². The maximum atomic E-state index is 10.5. The van der Waals surface area contributed by atoms with Crippen LogP contribution in [0.1, 0.15) is 90.4 Å². The van der Waals surface area contributed by atoms with Crippen LogP contribution in [0.25, 0.3) is 0 Å². The summed E-state index contributed by atoms with van der Waals surface area (Å²) in [6.07, 6.45) is 19.8. The Morgan fingerprint density at radius 1 is 0.952 bits per heavy atom. The molecule has 3 heteroatoms. The molecule has 0 aromatic carbocycles. The Morgan fingerprint density at radius 3 is 2.05 bits per heavy atom. The van der Waals surface area contributed by atoms with E-state index in [4.69, 9.17) is 5.11 Å². The molecular formula is C18H34O2S. The second-order valence-electron chi connectivity index (χ2n) is 5.92. The van der Waals surface area contributed by atoms with Crippen molar-refractivity contribution in [1.82, 2.24) is 0 Å². The summed E-state index contributed by atoms with van der Waals surface area (Å²) in [6.45, 7) is 2.26. The standard InChI is InChI=1S/C18H34O2S/c1-2-3-4-5-6-7-8-9-10-11-12-13-14-15-17(21)16-18(19)20/h9-10,17,21H,2-8,11-16H2,1H3,(H,19,20). The van der Waals surface area contributed by atoms with Gasteiger partial charge in [0, 0.05) is 5.25 Å². The molecule has 21 heavy (non-hydrogen) atoms. The summed E-state index contributed by atoms with van der Waals surface area (Å²) in [7, 11) is 0. The molecule has 0 aromatic heterocycles. The van der Waals surface area contributed by atoms with Gasteiger partial charge in [0.1, 0.15) is 0 Å². The van der Waals surface area contributed by atoms with Gasteiger partial charge in [0.05, 0.1) is 6.42 Å². The lowest BCUT2D eigenvalue weighted by molar-refractivity contribution is -0.137. The molecule has 1 N–H and O–H groups in total. The van der Waals surface area contributed by atoms with Crippen molar-refractivity contribution in [1.29, 1.82) is 0 Å². The number of carboxylic acids is 1. The predicted octanol–water partition coefficient (Wildman–Crippen LogP) is 6.02. The number of thiol groups is 1. The molecule has 0 radical (unpaired) electrons. The van der Waals surface area contributed by atoms with Crippen molar-refractivity contribution < 1.29 is 9.90 Å². The summed E-state index contributed by atoms with van der Waals surface area (Å²) in [4.78, 5) is 10.5. The molecule has 124 valence electrons. The van der Waals surface area contributed by atoms with Crippen LogP contribution in [0.2, 0.25) is 0 Å². The fraction of sp³-hybridized carbons (Fsp3) is 0.833. The average Bonchev–Trinajstić information content (AvgIpc) is 2.43. The summed E-state index contributed by atoms with van der Waals surface area (Å²) in [5.41, 5.74) is 0. The minimum Gasteiger partial charge on any atom is -0.481 e. The Kier molecular flexibility index (Phi) is 15.6. The zero-order chi connectivity index (χ0) is 15.8. The molecule has 0 heterocycles. The van der Waals surface area contributed by atoms with E-state index in [1.165, 1.54) is 57.8 Å². The van der Waals surface area contributed by atoms with Gasteiger partial charge in [-0.1, -0.05) is 64.0 Å². The monoisotopic (exact) mass is 314 g/mol. The van der Waals surface area contributed by atoms with Gasteiger partial charge in [-0.15, -0.1) is 0 Å². The molecule has 0 spiro atoms. The zero-order valence-corrected chi connectivity index (χ0v) is 14.6. The maximum absolute atomic E-state index is 10.5. The van der Waals surface area contributed by atoms with Gasteiger partial charge < -0.3 is 5.11 Å². The molecule has 0 aromatic rings. The van der Waals surface area contributed by atoms with E-state index in [0.717, 1.165) is 19.3 Å². The first-order valence-electron chi connectivity index (χ1n) is 8.71. The Balaban J connectivity index is 3.20. The van der Waals surface area contributed by atoms with Gasteiger partial charge in [-0.2, -0.15) is 12.6 Å². The third-order valence-corrected chi connectivity index (χ3v) is 4.15. The van der Waals surface area contributed by atoms with Gasteiger partial charge in [-0.25, -0.2) is 0 Å². The summed E-state index contributed by atoms with van der Waals surface area (Å²) in [5, 5.41) is 8.65. The van der Waals surface area contributed by atoms with Gasteiger partial charge in [-0.05, 0) is 32.1 Å². The van der Waals surface area contributed by atoms with E-state index in [2.05, 4.69) is 31.7 Å². The molecule has 1 unspecified atom stereocenters. The van der Waals surface area contributed by atoms with Crippen molar-refractivity contribution in [2.45, 2.75) is 95.6 Å². The first-order valence-corrected chi connectivity index (χ1v) is 9.23. The van der Waals surface area contributed by atoms with Gasteiger partial charge in [-0.3, -0.25) is 4.79 Å². The Bertz CT molecular complexity index is 264. The molecule has 0 aliphatic heterocycles. The van der Waals surface area contributed by atoms with Crippen molar-refractivity contribution >= 4 is 18.6 Å². The lowest BCUT2D eigenvalue weighted by Crippen LogP contribution is -2.06. The summed E-state index contributed by atoms with van der Waals surface area (Å²) < 4.78 is 0. The summed E-state index contributed by atoms with van der Waals surface area (Å²) in [5.74, 6) is -0.743. The molecule has 2 nitrogen and oxygen atoms in total. The van der Waals surface area contributed by atoms with E-state index in [9.17, 15) is 4.79 Å². The van der Waals surface area contributed by atoms with Crippen molar-refractivity contribution in [3.8, 4) is 0 Å². The highest BCUT2D eigenvalue weighted by molar-refractivity contribution is 7.81. The fourth-order valence-corrected chi connectivity index (χ4v) is 2.74. The molecular weight excluding hydrogens is 280 g/mol. The van der Waals surface area contributed by atoms with Crippen LogP contribution in [0.3, 0.4) is 0 Å². The lowest BCUT2D eigenvalue weighted by atomic mass is 10.1. The summed E-state index contributed by atoms with van der Waals surface area (Å²) in [6, 6.07) is 0. The van der Waals surface area contributed by atoms with Gasteiger partial charge in [0.25, 0.3) is 0 Å². The molecule has 0 fully saturated rings. The number of hydrogen-bond donors (Lipinski definition) is 2. The van der Waals surface area contributed by atoms with Crippen LogP contribution < -0.4 is 0 Å². The van der Waals surface area contributed by atoms with Gasteiger partial charge in [0.15, 0.2) is 0 Å². The number of unbranched alkanes of at least 4 members (excludes halogenated alkanes) is 9. The molecule has 0 saturated heterocycles. The number of hydrogen-bond acceptors (Lipinski definition) is 2. The molecule has 1 atom stereocenters. The largest absolute Gasteiger partial charge is 0.481 e. The SMILES string of the molecule is CCCCCCCCC=CCCCCCC(S)CC(=O)O. The van der Waals surface area contributed by atoms with Crippen LogP contribution in [-0.4, -0.2) is 16.3 Å². The lowest BCUT2D eigenvalue weighted by Gasteiger charge is -2.06. The number of carbonyl (C=O) groups is 1. The molecule has 0 amide bonds. The van der Waals surface area contributed by atoms with Crippen molar-refractivity contribution in [2.24, 2.45) is 0 Å². The van der Waals surface area contributed by atoms with E-state index in [-0.39, 0.29) is 11.7 Å². The van der Waals surface area contributed by atoms with Crippen LogP contribution in [0.15, 0.2) is 12.2 Å². The van der Waals surface area contributed by atoms with E-state index >= 15 is 0 Å².